The van der Waals surface area contributed by atoms with Crippen LogP contribution in [0.15, 0.2) is 29.2 Å². The first-order valence-corrected chi connectivity index (χ1v) is 7.40. The predicted molar refractivity (Wildman–Crippen MR) is 71.3 cm³/mol. The summed E-state index contributed by atoms with van der Waals surface area (Å²) in [5.74, 6) is -0.353. The third-order valence-electron chi connectivity index (χ3n) is 2.41. The summed E-state index contributed by atoms with van der Waals surface area (Å²) in [5.41, 5.74) is 0.343. The molecule has 1 amide bonds. The van der Waals surface area contributed by atoms with E-state index >= 15 is 0 Å². The maximum absolute atomic E-state index is 11.7. The van der Waals surface area contributed by atoms with E-state index in [-0.39, 0.29) is 23.5 Å². The Morgan fingerprint density at radius 3 is 2.37 bits per heavy atom. The largest absolute Gasteiger partial charge is 0.394 e. The molecule has 1 atom stereocenters. The summed E-state index contributed by atoms with van der Waals surface area (Å²) in [6, 6.07) is 5.26. The van der Waals surface area contributed by atoms with Gasteiger partial charge in [0.15, 0.2) is 0 Å². The fourth-order valence-corrected chi connectivity index (χ4v) is 2.45. The molecule has 0 bridgehead atoms. The molecule has 0 saturated heterocycles. The fraction of sp³-hybridized carbons (Fsp3) is 0.417. The van der Waals surface area contributed by atoms with Gasteiger partial charge in [-0.1, -0.05) is 6.92 Å². The lowest BCUT2D eigenvalue weighted by molar-refractivity contribution is 0.0922. The summed E-state index contributed by atoms with van der Waals surface area (Å²) in [4.78, 5) is 11.8. The Bertz CT molecular complexity index is 525. The molecule has 1 rings (SSSR count). The maximum atomic E-state index is 11.7. The third-order valence-corrected chi connectivity index (χ3v) is 3.97. The number of carbonyl (C=O) groups excluding carboxylic acids is 1. The summed E-state index contributed by atoms with van der Waals surface area (Å²) in [6.07, 6.45) is 0. The summed E-state index contributed by atoms with van der Waals surface area (Å²) in [6.45, 7) is 3.51. The summed E-state index contributed by atoms with van der Waals surface area (Å²) in [7, 11) is -3.50. The average molecular weight is 286 g/mol. The van der Waals surface area contributed by atoms with Crippen molar-refractivity contribution in [1.29, 1.82) is 0 Å². The van der Waals surface area contributed by atoms with E-state index in [0.717, 1.165) is 0 Å². The summed E-state index contributed by atoms with van der Waals surface area (Å²) >= 11 is 0. The molecule has 0 unspecified atom stereocenters. The fourth-order valence-electron chi connectivity index (χ4n) is 1.41. The minimum Gasteiger partial charge on any atom is -0.394 e. The van der Waals surface area contributed by atoms with E-state index < -0.39 is 10.0 Å². The second-order valence-electron chi connectivity index (χ2n) is 4.08. The minimum absolute atomic E-state index is 0.112. The Morgan fingerprint density at radius 1 is 1.32 bits per heavy atom. The normalized spacial score (nSPS) is 13.0. The number of aliphatic hydroxyl groups excluding tert-OH is 1. The van der Waals surface area contributed by atoms with Gasteiger partial charge in [0.1, 0.15) is 0 Å². The van der Waals surface area contributed by atoms with Crippen LogP contribution in [0, 0.1) is 0 Å². The van der Waals surface area contributed by atoms with Crippen molar-refractivity contribution in [3.8, 4) is 0 Å². The zero-order valence-electron chi connectivity index (χ0n) is 10.9. The van der Waals surface area contributed by atoms with Crippen molar-refractivity contribution in [3.63, 3.8) is 0 Å². The Kier molecular flexibility index (Phi) is 5.46. The van der Waals surface area contributed by atoms with Crippen LogP contribution in [0.1, 0.15) is 24.2 Å². The Labute approximate surface area is 112 Å². The molecule has 3 N–H and O–H groups in total. The van der Waals surface area contributed by atoms with Gasteiger partial charge in [0.05, 0.1) is 11.5 Å². The molecule has 1 aromatic carbocycles. The van der Waals surface area contributed by atoms with Gasteiger partial charge in [-0.2, -0.15) is 0 Å². The molecule has 6 nitrogen and oxygen atoms in total. The molecule has 0 aliphatic rings. The molecule has 0 heterocycles. The molecule has 19 heavy (non-hydrogen) atoms. The van der Waals surface area contributed by atoms with E-state index in [1.165, 1.54) is 24.3 Å². The lowest BCUT2D eigenvalue weighted by Gasteiger charge is -2.11. The zero-order valence-corrected chi connectivity index (χ0v) is 11.7. The van der Waals surface area contributed by atoms with Crippen LogP contribution in [0.4, 0.5) is 0 Å². The van der Waals surface area contributed by atoms with E-state index in [1.54, 1.807) is 13.8 Å². The predicted octanol–water partition coefficient (Wildman–Crippen LogP) is 0.0954. The van der Waals surface area contributed by atoms with Crippen LogP contribution in [0.2, 0.25) is 0 Å². The van der Waals surface area contributed by atoms with Gasteiger partial charge in [0.2, 0.25) is 10.0 Å². The van der Waals surface area contributed by atoms with E-state index in [2.05, 4.69) is 10.0 Å². The van der Waals surface area contributed by atoms with Crippen molar-refractivity contribution < 1.29 is 18.3 Å². The van der Waals surface area contributed by atoms with Crippen molar-refractivity contribution in [3.05, 3.63) is 29.8 Å². The molecule has 0 saturated carbocycles. The number of benzene rings is 1. The second-order valence-corrected chi connectivity index (χ2v) is 5.85. The average Bonchev–Trinajstić information content (AvgIpc) is 2.38. The molecule has 0 aliphatic carbocycles. The van der Waals surface area contributed by atoms with Crippen LogP contribution in [-0.4, -0.2) is 38.6 Å². The molecular formula is C12H18N2O4S. The van der Waals surface area contributed by atoms with Crippen molar-refractivity contribution in [1.82, 2.24) is 10.0 Å². The number of carbonyl (C=O) groups is 1. The highest BCUT2D eigenvalue weighted by Gasteiger charge is 2.14. The molecule has 1 aromatic rings. The zero-order chi connectivity index (χ0) is 14.5. The van der Waals surface area contributed by atoms with Crippen LogP contribution in [0.3, 0.4) is 0 Å². The van der Waals surface area contributed by atoms with Gasteiger partial charge < -0.3 is 10.4 Å². The van der Waals surface area contributed by atoms with E-state index in [9.17, 15) is 13.2 Å². The Balaban J connectivity index is 2.85. The van der Waals surface area contributed by atoms with Crippen molar-refractivity contribution >= 4 is 15.9 Å². The van der Waals surface area contributed by atoms with E-state index in [4.69, 9.17) is 5.11 Å². The van der Waals surface area contributed by atoms with Crippen molar-refractivity contribution in [2.24, 2.45) is 0 Å². The summed E-state index contributed by atoms with van der Waals surface area (Å²) in [5, 5.41) is 11.4. The quantitative estimate of drug-likeness (QED) is 0.691. The summed E-state index contributed by atoms with van der Waals surface area (Å²) < 4.78 is 25.8. The smallest absolute Gasteiger partial charge is 0.251 e. The van der Waals surface area contributed by atoms with Gasteiger partial charge in [0.25, 0.3) is 5.91 Å². The maximum Gasteiger partial charge on any atom is 0.251 e. The number of hydrogen-bond acceptors (Lipinski definition) is 4. The number of nitrogens with one attached hydrogen (secondary N) is 2. The number of amides is 1. The first-order chi connectivity index (χ1) is 8.90. The lowest BCUT2D eigenvalue weighted by Crippen LogP contribution is -2.35. The monoisotopic (exact) mass is 286 g/mol. The Hall–Kier alpha value is -1.44. The van der Waals surface area contributed by atoms with Gasteiger partial charge in [-0.25, -0.2) is 13.1 Å². The Morgan fingerprint density at radius 2 is 1.89 bits per heavy atom. The number of hydrogen-bond donors (Lipinski definition) is 3. The van der Waals surface area contributed by atoms with Crippen molar-refractivity contribution in [2.45, 2.75) is 24.8 Å². The minimum atomic E-state index is -3.50. The number of sulfonamides is 1. The van der Waals surface area contributed by atoms with Crippen LogP contribution in [-0.2, 0) is 10.0 Å². The first-order valence-electron chi connectivity index (χ1n) is 5.92. The van der Waals surface area contributed by atoms with Gasteiger partial charge in [0, 0.05) is 18.2 Å². The lowest BCUT2D eigenvalue weighted by atomic mass is 10.2. The number of rotatable bonds is 6. The first kappa shape index (κ1) is 15.6. The highest BCUT2D eigenvalue weighted by molar-refractivity contribution is 7.89. The van der Waals surface area contributed by atoms with Crippen LogP contribution in [0.25, 0.3) is 0 Å². The molecule has 0 spiro atoms. The van der Waals surface area contributed by atoms with Gasteiger partial charge in [-0.05, 0) is 31.2 Å². The van der Waals surface area contributed by atoms with Crippen molar-refractivity contribution in [2.75, 3.05) is 13.2 Å². The van der Waals surface area contributed by atoms with Gasteiger partial charge in [-0.3, -0.25) is 4.79 Å². The SMILES string of the molecule is CCNS(=O)(=O)c1ccc(C(=O)N[C@H](C)CO)cc1. The molecular weight excluding hydrogens is 268 g/mol. The van der Waals surface area contributed by atoms with Crippen LogP contribution in [0.5, 0.6) is 0 Å². The third kappa shape index (κ3) is 4.30. The second kappa shape index (κ2) is 6.65. The molecule has 0 aromatic heterocycles. The number of aliphatic hydroxyl groups is 1. The molecule has 0 aliphatic heterocycles. The topological polar surface area (TPSA) is 95.5 Å². The molecule has 7 heteroatoms. The van der Waals surface area contributed by atoms with Gasteiger partial charge in [-0.15, -0.1) is 0 Å². The molecule has 106 valence electrons. The van der Waals surface area contributed by atoms with Crippen LogP contribution < -0.4 is 10.0 Å². The van der Waals surface area contributed by atoms with E-state index in [1.807, 2.05) is 0 Å². The van der Waals surface area contributed by atoms with E-state index in [0.29, 0.717) is 12.1 Å². The standard InChI is InChI=1S/C12H18N2O4S/c1-3-13-19(17,18)11-6-4-10(5-7-11)12(16)14-9(2)8-15/h4-7,9,13,15H,3,8H2,1-2H3,(H,14,16)/t9-/m1/s1. The highest BCUT2D eigenvalue weighted by atomic mass is 32.2. The molecule has 0 fully saturated rings. The van der Waals surface area contributed by atoms with Crippen LogP contribution >= 0.6 is 0 Å². The highest BCUT2D eigenvalue weighted by Crippen LogP contribution is 2.10. The molecule has 0 radical (unpaired) electrons. The van der Waals surface area contributed by atoms with Gasteiger partial charge >= 0.3 is 0 Å².